The van der Waals surface area contributed by atoms with E-state index in [2.05, 4.69) is 0 Å². The first-order chi connectivity index (χ1) is 47.2. The molecule has 6 aliphatic rings. The number of hydrogen-bond donors (Lipinski definition) is 0. The zero-order valence-corrected chi connectivity index (χ0v) is 51.2. The van der Waals surface area contributed by atoms with E-state index in [1.807, 2.05) is 0 Å². The summed E-state index contributed by atoms with van der Waals surface area (Å²) in [5, 5.41) is -1.09. The fourth-order valence-electron chi connectivity index (χ4n) is 12.7. The first-order valence-corrected chi connectivity index (χ1v) is 29.1. The zero-order chi connectivity index (χ0) is 69.2. The molecule has 0 unspecified atom stereocenters. The van der Waals surface area contributed by atoms with Gasteiger partial charge in [0, 0.05) is 39.8 Å². The van der Waals surface area contributed by atoms with E-state index in [0.29, 0.717) is 0 Å². The van der Waals surface area contributed by atoms with Crippen LogP contribution in [0.1, 0.15) is 39.8 Å². The summed E-state index contributed by atoms with van der Waals surface area (Å²) >= 11 is 0. The molecule has 0 aliphatic carbocycles. The van der Waals surface area contributed by atoms with Crippen LogP contribution >= 0.6 is 0 Å². The summed E-state index contributed by atoms with van der Waals surface area (Å²) in [6.07, 6.45) is 10.5. The molecule has 0 spiro atoms. The average Bonchev–Trinajstić information content (AvgIpc) is 1.54. The fraction of sp³-hybridized carbons (Fsp3) is 0.0972. The highest BCUT2D eigenvalue weighted by Gasteiger charge is 2.39. The number of aliphatic imine (C=N–C) groups is 5. The Morgan fingerprint density at radius 2 is 0.622 bits per heavy atom. The van der Waals surface area contributed by atoms with Crippen molar-refractivity contribution in [1.29, 1.82) is 0 Å². The second-order valence-electron chi connectivity index (χ2n) is 21.9. The smallest absolute Gasteiger partial charge is 0.200 e. The number of hydrogen-bond acceptors (Lipinski definition) is 11. The van der Waals surface area contributed by atoms with Crippen LogP contribution in [0.5, 0.6) is 34.5 Å². The van der Waals surface area contributed by atoms with Gasteiger partial charge in [-0.05, 0) is 97.1 Å². The molecule has 0 amide bonds. The number of halogens is 14. The van der Waals surface area contributed by atoms with E-state index in [-0.39, 0.29) is 125 Å². The van der Waals surface area contributed by atoms with Gasteiger partial charge in [0.25, 0.3) is 0 Å². The van der Waals surface area contributed by atoms with Crippen molar-refractivity contribution in [3.63, 3.8) is 0 Å². The van der Waals surface area contributed by atoms with Gasteiger partial charge in [-0.1, -0.05) is 24.3 Å². The first kappa shape index (κ1) is 63.6. The van der Waals surface area contributed by atoms with Crippen molar-refractivity contribution in [3.8, 4) is 34.5 Å². The molecular weight excluding hydrogens is 1310 g/mol. The molecule has 0 saturated heterocycles. The number of ether oxygens (including phenoxy) is 6. The highest BCUT2D eigenvalue weighted by molar-refractivity contribution is 6.39. The molecule has 6 aromatic carbocycles. The summed E-state index contributed by atoms with van der Waals surface area (Å²) in [4.78, 5) is 24.1. The number of methoxy groups -OCH3 is 6. The van der Waals surface area contributed by atoms with Gasteiger partial charge >= 0.3 is 0 Å². The van der Waals surface area contributed by atoms with Gasteiger partial charge in [0.05, 0.1) is 149 Å². The maximum Gasteiger partial charge on any atom is 0.200 e. The van der Waals surface area contributed by atoms with Crippen molar-refractivity contribution >= 4 is 72.8 Å². The molecule has 0 saturated carbocycles. The van der Waals surface area contributed by atoms with Gasteiger partial charge in [0.15, 0.2) is 69.8 Å². The molecule has 2 aromatic heterocycles. The van der Waals surface area contributed by atoms with Crippen molar-refractivity contribution in [3.05, 3.63) is 270 Å². The van der Waals surface area contributed by atoms with Crippen LogP contribution in [0.4, 0.5) is 61.5 Å². The second-order valence-corrected chi connectivity index (χ2v) is 21.9. The molecule has 0 atom stereocenters. The number of rotatable bonds is 11. The third-order valence-electron chi connectivity index (χ3n) is 17.0. The third-order valence-corrected chi connectivity index (χ3v) is 17.0. The van der Waals surface area contributed by atoms with Crippen molar-refractivity contribution in [2.75, 3.05) is 42.7 Å². The van der Waals surface area contributed by atoms with E-state index >= 15 is 61.5 Å². The summed E-state index contributed by atoms with van der Waals surface area (Å²) in [5.41, 5.74) is -10.2. The quantitative estimate of drug-likeness (QED) is 0.0722. The van der Waals surface area contributed by atoms with Gasteiger partial charge in [-0.2, -0.15) is 0 Å². The fourth-order valence-corrected chi connectivity index (χ4v) is 12.7. The van der Waals surface area contributed by atoms with Crippen molar-refractivity contribution < 1.29 is 89.9 Å². The molecule has 0 radical (unpaired) electrons. The SMILES string of the molecule is COc1cccc(OC)c1C1=C2C=CC(=N2)C(c2c(F)c(F)c(F)c(F)c2F)=C2C=CC(=N2)C(c2c(OC)cccc2OC)=C2C=CC(=N2)C(c2c(F)c(F)c(F)c(F)c2F)=C2C=CC(=N2)C(c2c(OC)cccc2OC)=c2ccc3c(c4c(F)c(F)c(F)c(F)c4n23)C2=NC1=CC2. The van der Waals surface area contributed by atoms with Gasteiger partial charge in [-0.25, -0.2) is 81.4 Å². The predicted octanol–water partition coefficient (Wildman–Crippen LogP) is 15.8. The van der Waals surface area contributed by atoms with Crippen LogP contribution in [0.3, 0.4) is 0 Å². The lowest BCUT2D eigenvalue weighted by Gasteiger charge is -2.17. The van der Waals surface area contributed by atoms with Gasteiger partial charge in [-0.3, -0.25) is 4.99 Å². The van der Waals surface area contributed by atoms with E-state index in [4.69, 9.17) is 53.4 Å². The molecule has 26 heteroatoms. The minimum absolute atomic E-state index is 0.00404. The Kier molecular flexibility index (Phi) is 15.6. The van der Waals surface area contributed by atoms with E-state index < -0.39 is 137 Å². The summed E-state index contributed by atoms with van der Waals surface area (Å²) in [6.45, 7) is 0. The molecule has 8 aromatic rings. The molecule has 0 N–H and O–H groups in total. The number of fused-ring (bicyclic) bond motifs is 8. The highest BCUT2D eigenvalue weighted by atomic mass is 19.2. The van der Waals surface area contributed by atoms with Crippen molar-refractivity contribution in [1.82, 2.24) is 4.40 Å². The Morgan fingerprint density at radius 3 is 1.01 bits per heavy atom. The van der Waals surface area contributed by atoms with Gasteiger partial charge < -0.3 is 32.8 Å². The largest absolute Gasteiger partial charge is 0.496 e. The molecule has 98 heavy (non-hydrogen) atoms. The Labute approximate surface area is 543 Å². The lowest BCUT2D eigenvalue weighted by atomic mass is 9.96. The lowest BCUT2D eigenvalue weighted by molar-refractivity contribution is 0.376. The molecule has 8 heterocycles. The second kappa shape index (κ2) is 24.1. The number of allylic oxidation sites excluding steroid dienone is 13. The minimum atomic E-state index is -2.54. The summed E-state index contributed by atoms with van der Waals surface area (Å²) in [5.74, 6) is -32.2. The third kappa shape index (κ3) is 9.45. The molecule has 0 fully saturated rings. The summed E-state index contributed by atoms with van der Waals surface area (Å²) in [6, 6.07) is 16.1. The maximum absolute atomic E-state index is 17.3. The van der Waals surface area contributed by atoms with Crippen molar-refractivity contribution in [2.24, 2.45) is 25.0 Å². The average molecular weight is 1350 g/mol. The van der Waals surface area contributed by atoms with Gasteiger partial charge in [0.1, 0.15) is 34.5 Å². The molecular formula is C72H40F14N6O6. The Hall–Kier alpha value is -11.8. The van der Waals surface area contributed by atoms with E-state index in [1.165, 1.54) is 134 Å². The number of benzene rings is 6. The molecule has 492 valence electrons. The van der Waals surface area contributed by atoms with Crippen LogP contribution in [0.15, 0.2) is 175 Å². The van der Waals surface area contributed by atoms with Gasteiger partial charge in [0.2, 0.25) is 11.6 Å². The van der Waals surface area contributed by atoms with Crippen molar-refractivity contribution in [2.45, 2.75) is 6.42 Å². The van der Waals surface area contributed by atoms with Crippen LogP contribution in [0.25, 0.3) is 44.3 Å². The van der Waals surface area contributed by atoms with Gasteiger partial charge in [-0.15, -0.1) is 0 Å². The monoisotopic (exact) mass is 1350 g/mol. The normalized spacial score (nSPS) is 15.7. The predicted molar refractivity (Wildman–Crippen MR) is 337 cm³/mol. The van der Waals surface area contributed by atoms with Crippen LogP contribution in [0.2, 0.25) is 0 Å². The topological polar surface area (TPSA) is 122 Å². The molecule has 14 rings (SSSR count). The maximum atomic E-state index is 17.3. The van der Waals surface area contributed by atoms with Crippen LogP contribution in [0, 0.1) is 81.4 Å². The lowest BCUT2D eigenvalue weighted by Crippen LogP contribution is -2.19. The van der Waals surface area contributed by atoms with Crippen LogP contribution in [-0.2, 0) is 0 Å². The van der Waals surface area contributed by atoms with Crippen LogP contribution < -0.4 is 33.8 Å². The Morgan fingerprint density at radius 1 is 0.306 bits per heavy atom. The van der Waals surface area contributed by atoms with Crippen LogP contribution in [-0.4, -0.2) is 75.6 Å². The standard InChI is InChI=1S/C72H40F14N6O6/c1-93-40-10-7-11-41(94-2)52(40)46-28-16-19-32(87-28)48(55-58(73)63(78)68(83)64(79)59(55)74)33-20-18-30(89-33)47(53-42(95-3)12-8-13-43(53)96-4)31-22-25-37(90-31)51-39-27-26-38(92(39)72-57(51)62(77)67(82)70(85)71(72)86)50(54-44(97-5)14-9-15-45(54)98-6)36-24-23-35(91-36)49(34-21-17-29(46)88-34)56-60(75)65(80)69(84)66(81)61(56)76/h7-24,26-27H,25H2,1-6H3. The Balaban J connectivity index is 1.20. The molecule has 6 aliphatic heterocycles. The Bertz CT molecular complexity index is 5420. The first-order valence-electron chi connectivity index (χ1n) is 29.1. The van der Waals surface area contributed by atoms with E-state index in [9.17, 15) is 0 Å². The van der Waals surface area contributed by atoms with E-state index in [1.54, 1.807) is 6.07 Å². The zero-order valence-electron chi connectivity index (χ0n) is 51.2. The summed E-state index contributed by atoms with van der Waals surface area (Å²) in [7, 11) is 7.63. The minimum Gasteiger partial charge on any atom is -0.496 e. The van der Waals surface area contributed by atoms with E-state index in [0.717, 1.165) is 28.7 Å². The molecule has 14 bridgehead atoms. The summed E-state index contributed by atoms with van der Waals surface area (Å²) < 4.78 is 264. The number of nitrogens with zero attached hydrogens (tertiary/aromatic N) is 6. The molecule has 12 nitrogen and oxygen atoms in total. The number of aromatic nitrogens is 1. The highest BCUT2D eigenvalue weighted by Crippen LogP contribution is 2.49.